The number of rotatable bonds is 6. The van der Waals surface area contributed by atoms with Crippen LogP contribution < -0.4 is 10.6 Å². The lowest BCUT2D eigenvalue weighted by molar-refractivity contribution is 0.281. The fraction of sp³-hybridized carbons (Fsp3) is 0.400. The Kier molecular flexibility index (Phi) is 9.50. The minimum Gasteiger partial charge on any atom is -0.308 e. The summed E-state index contributed by atoms with van der Waals surface area (Å²) in [5, 5.41) is 10.1. The van der Waals surface area contributed by atoms with E-state index in [9.17, 15) is 0 Å². The van der Waals surface area contributed by atoms with Crippen molar-refractivity contribution in [2.75, 3.05) is 0 Å². The molecule has 2 N–H and O–H groups in total. The first-order valence-electron chi connectivity index (χ1n) is 8.87. The van der Waals surface area contributed by atoms with Gasteiger partial charge in [0.05, 0.1) is 0 Å². The van der Waals surface area contributed by atoms with Gasteiger partial charge >= 0.3 is 0 Å². The largest absolute Gasteiger partial charge is 0.308 e. The number of hydrogen-bond donors (Lipinski definition) is 2. The van der Waals surface area contributed by atoms with Crippen LogP contribution in [-0.2, 0) is 13.1 Å². The first-order valence-corrected chi connectivity index (χ1v) is 10.4. The average molecular weight is 469 g/mol. The fourth-order valence-corrected chi connectivity index (χ4v) is 4.38. The Morgan fingerprint density at radius 3 is 1.48 bits per heavy atom. The third-order valence-corrected chi connectivity index (χ3v) is 6.08. The number of halogens is 5. The van der Waals surface area contributed by atoms with E-state index in [0.29, 0.717) is 32.2 Å². The van der Waals surface area contributed by atoms with Crippen LogP contribution in [0.1, 0.15) is 36.8 Å². The van der Waals surface area contributed by atoms with E-state index >= 15 is 0 Å². The molecule has 2 atom stereocenters. The SMILES string of the molecule is Cl.Clc1ccc(CNC2CCCCC2NCc2ccc(Cl)cc2Cl)c(Cl)c1. The van der Waals surface area contributed by atoms with Crippen LogP contribution in [0.3, 0.4) is 0 Å². The molecule has 0 aromatic heterocycles. The van der Waals surface area contributed by atoms with Gasteiger partial charge in [0.25, 0.3) is 0 Å². The van der Waals surface area contributed by atoms with Crippen LogP contribution in [-0.4, -0.2) is 12.1 Å². The Morgan fingerprint density at radius 1 is 0.704 bits per heavy atom. The summed E-state index contributed by atoms with van der Waals surface area (Å²) in [7, 11) is 0. The Morgan fingerprint density at radius 2 is 1.11 bits per heavy atom. The molecule has 1 aliphatic carbocycles. The molecule has 0 aliphatic heterocycles. The molecule has 7 heteroatoms. The molecule has 0 amide bonds. The second kappa shape index (κ2) is 11.1. The maximum atomic E-state index is 6.29. The lowest BCUT2D eigenvalue weighted by Gasteiger charge is -2.33. The summed E-state index contributed by atoms with van der Waals surface area (Å²) in [6.45, 7) is 1.47. The van der Waals surface area contributed by atoms with Gasteiger partial charge in [0, 0.05) is 45.3 Å². The van der Waals surface area contributed by atoms with Gasteiger partial charge in [-0.15, -0.1) is 12.4 Å². The van der Waals surface area contributed by atoms with E-state index in [4.69, 9.17) is 46.4 Å². The molecule has 0 radical (unpaired) electrons. The number of hydrogen-bond acceptors (Lipinski definition) is 2. The molecule has 27 heavy (non-hydrogen) atoms. The summed E-state index contributed by atoms with van der Waals surface area (Å²) in [5.74, 6) is 0. The van der Waals surface area contributed by atoms with Crippen molar-refractivity contribution in [2.24, 2.45) is 0 Å². The van der Waals surface area contributed by atoms with Gasteiger partial charge in [-0.3, -0.25) is 0 Å². The van der Waals surface area contributed by atoms with Crippen LogP contribution in [0.15, 0.2) is 36.4 Å². The Hall–Kier alpha value is -0.190. The summed E-state index contributed by atoms with van der Waals surface area (Å²) in [6.07, 6.45) is 4.78. The third-order valence-electron chi connectivity index (χ3n) is 4.91. The zero-order valence-electron chi connectivity index (χ0n) is 14.8. The number of benzene rings is 2. The zero-order valence-corrected chi connectivity index (χ0v) is 18.6. The third kappa shape index (κ3) is 6.68. The van der Waals surface area contributed by atoms with Crippen molar-refractivity contribution in [1.82, 2.24) is 10.6 Å². The predicted molar refractivity (Wildman–Crippen MR) is 120 cm³/mol. The summed E-state index contributed by atoms with van der Waals surface area (Å²) in [4.78, 5) is 0. The van der Waals surface area contributed by atoms with E-state index in [1.54, 1.807) is 12.1 Å². The predicted octanol–water partition coefficient (Wildman–Crippen LogP) is 6.91. The maximum Gasteiger partial charge on any atom is 0.0465 e. The topological polar surface area (TPSA) is 24.1 Å². The molecular weight excluding hydrogens is 445 g/mol. The maximum absolute atomic E-state index is 6.29. The van der Waals surface area contributed by atoms with Crippen LogP contribution in [0.4, 0.5) is 0 Å². The van der Waals surface area contributed by atoms with E-state index in [1.165, 1.54) is 12.8 Å². The van der Waals surface area contributed by atoms with Crippen LogP contribution in [0, 0.1) is 0 Å². The van der Waals surface area contributed by atoms with Crippen molar-refractivity contribution in [1.29, 1.82) is 0 Å². The summed E-state index contributed by atoms with van der Waals surface area (Å²) in [6, 6.07) is 12.1. The van der Waals surface area contributed by atoms with Crippen LogP contribution >= 0.6 is 58.8 Å². The first kappa shape index (κ1) is 23.1. The van der Waals surface area contributed by atoms with E-state index in [1.807, 2.05) is 24.3 Å². The molecule has 0 spiro atoms. The molecule has 1 fully saturated rings. The molecule has 1 aliphatic rings. The van der Waals surface area contributed by atoms with Gasteiger partial charge in [-0.1, -0.05) is 71.4 Å². The highest BCUT2D eigenvalue weighted by molar-refractivity contribution is 6.35. The van der Waals surface area contributed by atoms with Crippen molar-refractivity contribution < 1.29 is 0 Å². The van der Waals surface area contributed by atoms with Crippen LogP contribution in [0.2, 0.25) is 20.1 Å². The van der Waals surface area contributed by atoms with Gasteiger partial charge in [-0.25, -0.2) is 0 Å². The van der Waals surface area contributed by atoms with Gasteiger partial charge in [-0.2, -0.15) is 0 Å². The van der Waals surface area contributed by atoms with Gasteiger partial charge in [-0.05, 0) is 48.2 Å². The van der Waals surface area contributed by atoms with Gasteiger partial charge in [0.2, 0.25) is 0 Å². The summed E-state index contributed by atoms with van der Waals surface area (Å²) >= 11 is 24.5. The molecule has 0 saturated heterocycles. The van der Waals surface area contributed by atoms with Gasteiger partial charge < -0.3 is 10.6 Å². The smallest absolute Gasteiger partial charge is 0.0465 e. The highest BCUT2D eigenvalue weighted by Gasteiger charge is 2.24. The first-order chi connectivity index (χ1) is 12.5. The van der Waals surface area contributed by atoms with E-state index in [0.717, 1.165) is 37.1 Å². The monoisotopic (exact) mass is 466 g/mol. The Balaban J connectivity index is 0.00000261. The quantitative estimate of drug-likeness (QED) is 0.481. The van der Waals surface area contributed by atoms with E-state index in [-0.39, 0.29) is 12.4 Å². The molecule has 0 heterocycles. The fourth-order valence-electron chi connectivity index (χ4n) is 3.43. The summed E-state index contributed by atoms with van der Waals surface area (Å²) < 4.78 is 0. The zero-order chi connectivity index (χ0) is 18.5. The van der Waals surface area contributed by atoms with Crippen molar-refractivity contribution in [3.8, 4) is 0 Å². The molecule has 2 unspecified atom stereocenters. The number of nitrogens with one attached hydrogen (secondary N) is 2. The standard InChI is InChI=1S/C20H22Cl4N2.ClH/c21-15-7-5-13(17(23)9-15)11-25-19-3-1-2-4-20(19)26-12-14-6-8-16(22)10-18(14)24;/h5-10,19-20,25-26H,1-4,11-12H2;1H. The average Bonchev–Trinajstić information content (AvgIpc) is 2.61. The molecule has 2 aromatic rings. The van der Waals surface area contributed by atoms with Crippen LogP contribution in [0.25, 0.3) is 0 Å². The van der Waals surface area contributed by atoms with E-state index in [2.05, 4.69) is 10.6 Å². The Labute approximate surface area is 187 Å². The lowest BCUT2D eigenvalue weighted by Crippen LogP contribution is -2.49. The van der Waals surface area contributed by atoms with Crippen LogP contribution in [0.5, 0.6) is 0 Å². The molecular formula is C20H23Cl5N2. The minimum absolute atomic E-state index is 0. The van der Waals surface area contributed by atoms with Gasteiger partial charge in [0.15, 0.2) is 0 Å². The van der Waals surface area contributed by atoms with E-state index < -0.39 is 0 Å². The second-order valence-corrected chi connectivity index (χ2v) is 8.42. The minimum atomic E-state index is 0. The van der Waals surface area contributed by atoms with Gasteiger partial charge in [0.1, 0.15) is 0 Å². The highest BCUT2D eigenvalue weighted by Crippen LogP contribution is 2.25. The summed E-state index contributed by atoms with van der Waals surface area (Å²) in [5.41, 5.74) is 2.14. The molecule has 3 rings (SSSR count). The molecule has 148 valence electrons. The molecule has 2 nitrogen and oxygen atoms in total. The van der Waals surface area contributed by atoms with Crippen molar-refractivity contribution in [2.45, 2.75) is 50.9 Å². The molecule has 2 aromatic carbocycles. The Bertz CT molecular complexity index is 690. The molecule has 1 saturated carbocycles. The van der Waals surface area contributed by atoms with Crippen molar-refractivity contribution in [3.63, 3.8) is 0 Å². The highest BCUT2D eigenvalue weighted by atomic mass is 35.5. The lowest BCUT2D eigenvalue weighted by atomic mass is 9.90. The molecule has 0 bridgehead atoms. The van der Waals surface area contributed by atoms with Crippen molar-refractivity contribution in [3.05, 3.63) is 67.6 Å². The van der Waals surface area contributed by atoms with Crippen molar-refractivity contribution >= 4 is 58.8 Å². The second-order valence-electron chi connectivity index (χ2n) is 6.73. The normalized spacial score (nSPS) is 19.6.